The summed E-state index contributed by atoms with van der Waals surface area (Å²) in [5.74, 6) is 0.748. The SMILES string of the molecule is NC1CN(CC2CCCc3ccccc32)C1. The minimum Gasteiger partial charge on any atom is -0.325 e. The van der Waals surface area contributed by atoms with Crippen LogP contribution >= 0.6 is 0 Å². The van der Waals surface area contributed by atoms with Crippen molar-refractivity contribution >= 4 is 0 Å². The molecule has 0 radical (unpaired) electrons. The Morgan fingerprint density at radius 3 is 2.88 bits per heavy atom. The normalized spacial score (nSPS) is 26.2. The first-order valence-electron chi connectivity index (χ1n) is 6.38. The van der Waals surface area contributed by atoms with Crippen LogP contribution in [0.1, 0.15) is 29.9 Å². The monoisotopic (exact) mass is 216 g/mol. The number of likely N-dealkylation sites (tertiary alicyclic amines) is 1. The molecule has 0 bridgehead atoms. The molecule has 16 heavy (non-hydrogen) atoms. The minimum atomic E-state index is 0.429. The van der Waals surface area contributed by atoms with Crippen LogP contribution in [0, 0.1) is 0 Å². The number of rotatable bonds is 2. The van der Waals surface area contributed by atoms with Crippen LogP contribution in [-0.4, -0.2) is 30.6 Å². The molecule has 3 rings (SSSR count). The van der Waals surface area contributed by atoms with Crippen LogP contribution < -0.4 is 5.73 Å². The quantitative estimate of drug-likeness (QED) is 0.816. The molecule has 0 spiro atoms. The molecule has 1 atom stereocenters. The maximum Gasteiger partial charge on any atom is 0.0297 e. The molecule has 2 N–H and O–H groups in total. The van der Waals surface area contributed by atoms with Gasteiger partial charge in [0.1, 0.15) is 0 Å². The van der Waals surface area contributed by atoms with E-state index in [4.69, 9.17) is 5.73 Å². The van der Waals surface area contributed by atoms with Crippen LogP contribution in [-0.2, 0) is 6.42 Å². The summed E-state index contributed by atoms with van der Waals surface area (Å²) in [6, 6.07) is 9.39. The van der Waals surface area contributed by atoms with Gasteiger partial charge in [-0.15, -0.1) is 0 Å². The fourth-order valence-electron chi connectivity index (χ4n) is 3.11. The first kappa shape index (κ1) is 10.3. The zero-order valence-corrected chi connectivity index (χ0v) is 9.73. The number of hydrogen-bond acceptors (Lipinski definition) is 2. The summed E-state index contributed by atoms with van der Waals surface area (Å²) in [6.07, 6.45) is 3.97. The smallest absolute Gasteiger partial charge is 0.0297 e. The molecule has 2 heteroatoms. The van der Waals surface area contributed by atoms with Gasteiger partial charge >= 0.3 is 0 Å². The zero-order valence-electron chi connectivity index (χ0n) is 9.73. The Labute approximate surface area is 97.4 Å². The molecule has 2 aliphatic rings. The van der Waals surface area contributed by atoms with E-state index in [0.717, 1.165) is 19.0 Å². The van der Waals surface area contributed by atoms with Crippen molar-refractivity contribution in [2.45, 2.75) is 31.2 Å². The predicted octanol–water partition coefficient (Wildman–Crippen LogP) is 1.75. The highest BCUT2D eigenvalue weighted by atomic mass is 15.2. The molecular formula is C14H20N2. The molecule has 1 aromatic rings. The Balaban J connectivity index is 1.72. The molecular weight excluding hydrogens is 196 g/mol. The lowest BCUT2D eigenvalue weighted by Gasteiger charge is -2.40. The number of hydrogen-bond donors (Lipinski definition) is 1. The molecule has 1 unspecified atom stereocenters. The van der Waals surface area contributed by atoms with Gasteiger partial charge in [0.05, 0.1) is 0 Å². The molecule has 0 aromatic heterocycles. The summed E-state index contributed by atoms with van der Waals surface area (Å²) < 4.78 is 0. The van der Waals surface area contributed by atoms with E-state index in [1.807, 2.05) is 0 Å². The topological polar surface area (TPSA) is 29.3 Å². The van der Waals surface area contributed by atoms with Crippen molar-refractivity contribution in [2.75, 3.05) is 19.6 Å². The fraction of sp³-hybridized carbons (Fsp3) is 0.571. The molecule has 1 saturated heterocycles. The minimum absolute atomic E-state index is 0.429. The van der Waals surface area contributed by atoms with E-state index in [-0.39, 0.29) is 0 Å². The highest BCUT2D eigenvalue weighted by Gasteiger charge is 2.28. The van der Waals surface area contributed by atoms with Gasteiger partial charge in [0.2, 0.25) is 0 Å². The number of nitrogens with zero attached hydrogens (tertiary/aromatic N) is 1. The first-order chi connectivity index (χ1) is 7.83. The van der Waals surface area contributed by atoms with E-state index in [0.29, 0.717) is 6.04 Å². The molecule has 1 aromatic carbocycles. The average Bonchev–Trinajstić information content (AvgIpc) is 2.27. The Morgan fingerprint density at radius 2 is 2.06 bits per heavy atom. The van der Waals surface area contributed by atoms with Gasteiger partial charge in [-0.2, -0.15) is 0 Å². The molecule has 0 saturated carbocycles. The zero-order chi connectivity index (χ0) is 11.0. The fourth-order valence-corrected chi connectivity index (χ4v) is 3.11. The van der Waals surface area contributed by atoms with Gasteiger partial charge in [0.25, 0.3) is 0 Å². The van der Waals surface area contributed by atoms with Gasteiger partial charge in [0, 0.05) is 25.7 Å². The van der Waals surface area contributed by atoms with Crippen LogP contribution in [0.3, 0.4) is 0 Å². The third kappa shape index (κ3) is 1.87. The van der Waals surface area contributed by atoms with Gasteiger partial charge in [0.15, 0.2) is 0 Å². The van der Waals surface area contributed by atoms with E-state index < -0.39 is 0 Å². The summed E-state index contributed by atoms with van der Waals surface area (Å²) in [5.41, 5.74) is 8.99. The molecule has 1 heterocycles. The van der Waals surface area contributed by atoms with E-state index in [1.54, 1.807) is 11.1 Å². The highest BCUT2D eigenvalue weighted by Crippen LogP contribution is 2.32. The van der Waals surface area contributed by atoms with Crippen LogP contribution in [0.5, 0.6) is 0 Å². The second-order valence-electron chi connectivity index (χ2n) is 5.27. The van der Waals surface area contributed by atoms with E-state index in [9.17, 15) is 0 Å². The van der Waals surface area contributed by atoms with Crippen LogP contribution in [0.15, 0.2) is 24.3 Å². The van der Waals surface area contributed by atoms with Crippen molar-refractivity contribution in [3.05, 3.63) is 35.4 Å². The van der Waals surface area contributed by atoms with Crippen LogP contribution in [0.2, 0.25) is 0 Å². The molecule has 1 fully saturated rings. The van der Waals surface area contributed by atoms with Gasteiger partial charge in [-0.25, -0.2) is 0 Å². The molecule has 1 aliphatic carbocycles. The highest BCUT2D eigenvalue weighted by molar-refractivity contribution is 5.32. The lowest BCUT2D eigenvalue weighted by molar-refractivity contribution is 0.137. The Bertz CT molecular complexity index is 369. The lowest BCUT2D eigenvalue weighted by atomic mass is 9.82. The standard InChI is InChI=1S/C14H20N2/c15-13-9-16(10-13)8-12-6-3-5-11-4-1-2-7-14(11)12/h1-2,4,7,12-13H,3,5-6,8-10,15H2. The third-order valence-corrected chi connectivity index (χ3v) is 3.96. The second kappa shape index (κ2) is 4.19. The van der Waals surface area contributed by atoms with Crippen molar-refractivity contribution in [3.8, 4) is 0 Å². The Morgan fingerprint density at radius 1 is 1.25 bits per heavy atom. The Kier molecular flexibility index (Phi) is 2.70. The summed E-state index contributed by atoms with van der Waals surface area (Å²) in [5, 5.41) is 0. The summed E-state index contributed by atoms with van der Waals surface area (Å²) >= 11 is 0. The van der Waals surface area contributed by atoms with Crippen molar-refractivity contribution in [3.63, 3.8) is 0 Å². The number of benzene rings is 1. The second-order valence-corrected chi connectivity index (χ2v) is 5.27. The summed E-state index contributed by atoms with van der Waals surface area (Å²) in [4.78, 5) is 2.50. The lowest BCUT2D eigenvalue weighted by Crippen LogP contribution is -2.56. The number of aryl methyl sites for hydroxylation is 1. The third-order valence-electron chi connectivity index (χ3n) is 3.96. The summed E-state index contributed by atoms with van der Waals surface area (Å²) in [7, 11) is 0. The average molecular weight is 216 g/mol. The van der Waals surface area contributed by atoms with E-state index in [2.05, 4.69) is 29.2 Å². The van der Waals surface area contributed by atoms with E-state index in [1.165, 1.54) is 25.8 Å². The van der Waals surface area contributed by atoms with Crippen LogP contribution in [0.4, 0.5) is 0 Å². The van der Waals surface area contributed by atoms with E-state index >= 15 is 0 Å². The maximum absolute atomic E-state index is 5.83. The molecule has 86 valence electrons. The van der Waals surface area contributed by atoms with Crippen molar-refractivity contribution in [1.82, 2.24) is 4.90 Å². The maximum atomic E-state index is 5.83. The first-order valence-corrected chi connectivity index (χ1v) is 6.38. The van der Waals surface area contributed by atoms with Crippen molar-refractivity contribution < 1.29 is 0 Å². The van der Waals surface area contributed by atoms with Gasteiger partial charge in [-0.3, -0.25) is 4.90 Å². The number of nitrogens with two attached hydrogens (primary N) is 1. The Hall–Kier alpha value is -0.860. The van der Waals surface area contributed by atoms with Crippen molar-refractivity contribution in [2.24, 2.45) is 5.73 Å². The summed E-state index contributed by atoms with van der Waals surface area (Å²) in [6.45, 7) is 3.40. The molecule has 1 aliphatic heterocycles. The molecule has 0 amide bonds. The number of fused-ring (bicyclic) bond motifs is 1. The van der Waals surface area contributed by atoms with Gasteiger partial charge in [-0.1, -0.05) is 24.3 Å². The largest absolute Gasteiger partial charge is 0.325 e. The predicted molar refractivity (Wildman–Crippen MR) is 66.5 cm³/mol. The van der Waals surface area contributed by atoms with Gasteiger partial charge in [-0.05, 0) is 36.3 Å². The molecule has 2 nitrogen and oxygen atoms in total. The van der Waals surface area contributed by atoms with Crippen LogP contribution in [0.25, 0.3) is 0 Å². The van der Waals surface area contributed by atoms with Gasteiger partial charge < -0.3 is 5.73 Å². The van der Waals surface area contributed by atoms with Crippen molar-refractivity contribution in [1.29, 1.82) is 0 Å².